The van der Waals surface area contributed by atoms with E-state index in [1.54, 1.807) is 7.05 Å². The molecule has 0 bridgehead atoms. The average molecular weight is 211 g/mol. The van der Waals surface area contributed by atoms with Gasteiger partial charge < -0.3 is 5.32 Å². The molecule has 1 aliphatic carbocycles. The molecule has 1 unspecified atom stereocenters. The van der Waals surface area contributed by atoms with Crippen molar-refractivity contribution >= 4 is 0 Å². The third-order valence-corrected chi connectivity index (χ3v) is 3.30. The van der Waals surface area contributed by atoms with Gasteiger partial charge in [0.1, 0.15) is 0 Å². The topological polar surface area (TPSA) is 12.0 Å². The molecule has 0 radical (unpaired) electrons. The van der Waals surface area contributed by atoms with Crippen LogP contribution in [-0.4, -0.2) is 20.0 Å². The van der Waals surface area contributed by atoms with Crippen molar-refractivity contribution in [2.75, 3.05) is 13.6 Å². The van der Waals surface area contributed by atoms with Crippen LogP contribution in [0.4, 0.5) is 8.78 Å². The number of alkyl halides is 2. The number of likely N-dealkylation sites (N-methyl/N-ethyl adjacent to an activating group) is 1. The Balaban J connectivity index is 2.44. The van der Waals surface area contributed by atoms with E-state index >= 15 is 0 Å². The summed E-state index contributed by atoms with van der Waals surface area (Å²) in [6, 6.07) is 7.55. The van der Waals surface area contributed by atoms with E-state index in [-0.39, 0.29) is 0 Å². The Kier molecular flexibility index (Phi) is 2.74. The first-order valence-electron chi connectivity index (χ1n) is 5.22. The standard InChI is InChI=1S/C12H15F2N/c1-15-8-12(11(13)14)7-6-9-4-2-3-5-10(9)12/h2-5,11,15H,6-8H2,1H3. The van der Waals surface area contributed by atoms with Crippen LogP contribution in [0.1, 0.15) is 17.5 Å². The zero-order valence-electron chi connectivity index (χ0n) is 8.76. The fourth-order valence-corrected chi connectivity index (χ4v) is 2.52. The second-order valence-corrected chi connectivity index (χ2v) is 4.14. The monoisotopic (exact) mass is 211 g/mol. The van der Waals surface area contributed by atoms with Gasteiger partial charge in [0.25, 0.3) is 0 Å². The molecule has 1 N–H and O–H groups in total. The van der Waals surface area contributed by atoms with Crippen molar-refractivity contribution in [1.82, 2.24) is 5.32 Å². The van der Waals surface area contributed by atoms with Crippen LogP contribution in [-0.2, 0) is 11.8 Å². The minimum Gasteiger partial charge on any atom is -0.319 e. The maximum absolute atomic E-state index is 13.2. The number of benzene rings is 1. The number of halogens is 2. The van der Waals surface area contributed by atoms with Crippen LogP contribution < -0.4 is 5.32 Å². The Hall–Kier alpha value is -0.960. The van der Waals surface area contributed by atoms with Crippen LogP contribution in [0.15, 0.2) is 24.3 Å². The summed E-state index contributed by atoms with van der Waals surface area (Å²) < 4.78 is 26.4. The summed E-state index contributed by atoms with van der Waals surface area (Å²) in [5.41, 5.74) is 0.938. The van der Waals surface area contributed by atoms with Crippen molar-refractivity contribution in [3.63, 3.8) is 0 Å². The molecule has 0 spiro atoms. The van der Waals surface area contributed by atoms with E-state index in [0.717, 1.165) is 17.5 Å². The maximum atomic E-state index is 13.2. The van der Waals surface area contributed by atoms with E-state index in [1.807, 2.05) is 24.3 Å². The lowest BCUT2D eigenvalue weighted by Gasteiger charge is -2.29. The lowest BCUT2D eigenvalue weighted by molar-refractivity contribution is 0.0501. The minimum absolute atomic E-state index is 0.349. The van der Waals surface area contributed by atoms with Gasteiger partial charge in [-0.25, -0.2) is 8.78 Å². The van der Waals surface area contributed by atoms with E-state index in [9.17, 15) is 8.78 Å². The predicted molar refractivity (Wildman–Crippen MR) is 56.4 cm³/mol. The van der Waals surface area contributed by atoms with Crippen LogP contribution in [0.25, 0.3) is 0 Å². The molecule has 1 aromatic rings. The third kappa shape index (κ3) is 1.55. The highest BCUT2D eigenvalue weighted by Crippen LogP contribution is 2.42. The molecule has 15 heavy (non-hydrogen) atoms. The summed E-state index contributed by atoms with van der Waals surface area (Å²) in [6.07, 6.45) is -0.985. The van der Waals surface area contributed by atoms with Crippen molar-refractivity contribution in [3.05, 3.63) is 35.4 Å². The number of rotatable bonds is 3. The number of aryl methyl sites for hydroxylation is 1. The lowest BCUT2D eigenvalue weighted by atomic mass is 9.82. The van der Waals surface area contributed by atoms with Crippen LogP contribution in [0.2, 0.25) is 0 Å². The van der Waals surface area contributed by atoms with E-state index in [1.165, 1.54) is 0 Å². The summed E-state index contributed by atoms with van der Waals surface area (Å²) in [4.78, 5) is 0. The first-order valence-corrected chi connectivity index (χ1v) is 5.22. The number of nitrogens with one attached hydrogen (secondary N) is 1. The average Bonchev–Trinajstić information content (AvgIpc) is 2.60. The zero-order chi connectivity index (χ0) is 10.9. The number of hydrogen-bond acceptors (Lipinski definition) is 1. The van der Waals surface area contributed by atoms with Crippen molar-refractivity contribution in [2.45, 2.75) is 24.7 Å². The second kappa shape index (κ2) is 3.89. The van der Waals surface area contributed by atoms with E-state index in [4.69, 9.17) is 0 Å². The molecule has 1 nitrogen and oxygen atoms in total. The highest BCUT2D eigenvalue weighted by molar-refractivity contribution is 5.40. The molecule has 0 amide bonds. The Bertz CT molecular complexity index is 347. The minimum atomic E-state index is -2.30. The molecule has 0 fully saturated rings. The summed E-state index contributed by atoms with van der Waals surface area (Å²) >= 11 is 0. The second-order valence-electron chi connectivity index (χ2n) is 4.14. The van der Waals surface area contributed by atoms with Gasteiger partial charge in [-0.15, -0.1) is 0 Å². The highest BCUT2D eigenvalue weighted by atomic mass is 19.3. The molecule has 0 heterocycles. The molecule has 0 aliphatic heterocycles. The van der Waals surface area contributed by atoms with Gasteiger partial charge in [0, 0.05) is 6.54 Å². The van der Waals surface area contributed by atoms with Gasteiger partial charge in [-0.05, 0) is 31.0 Å². The van der Waals surface area contributed by atoms with Crippen LogP contribution in [0.3, 0.4) is 0 Å². The molecule has 1 aromatic carbocycles. The molecular formula is C12H15F2N. The van der Waals surface area contributed by atoms with Crippen LogP contribution in [0, 0.1) is 0 Å². The molecular weight excluding hydrogens is 196 g/mol. The van der Waals surface area contributed by atoms with E-state index in [0.29, 0.717) is 13.0 Å². The fourth-order valence-electron chi connectivity index (χ4n) is 2.52. The zero-order valence-corrected chi connectivity index (χ0v) is 8.76. The Morgan fingerprint density at radius 2 is 2.13 bits per heavy atom. The maximum Gasteiger partial charge on any atom is 0.249 e. The van der Waals surface area contributed by atoms with Crippen molar-refractivity contribution in [2.24, 2.45) is 0 Å². The Morgan fingerprint density at radius 1 is 1.40 bits per heavy atom. The SMILES string of the molecule is CNCC1(C(F)F)CCc2ccccc21. The molecule has 0 saturated heterocycles. The van der Waals surface area contributed by atoms with Gasteiger partial charge in [-0.1, -0.05) is 24.3 Å². The van der Waals surface area contributed by atoms with Gasteiger partial charge in [-0.3, -0.25) is 0 Å². The van der Waals surface area contributed by atoms with Crippen molar-refractivity contribution in [1.29, 1.82) is 0 Å². The largest absolute Gasteiger partial charge is 0.319 e. The molecule has 1 atom stereocenters. The summed E-state index contributed by atoms with van der Waals surface area (Å²) in [6.45, 7) is 0.349. The van der Waals surface area contributed by atoms with Gasteiger partial charge >= 0.3 is 0 Å². The van der Waals surface area contributed by atoms with E-state index < -0.39 is 11.8 Å². The molecule has 0 saturated carbocycles. The fraction of sp³-hybridized carbons (Fsp3) is 0.500. The summed E-state index contributed by atoms with van der Waals surface area (Å²) in [5, 5.41) is 2.89. The van der Waals surface area contributed by atoms with Gasteiger partial charge in [0.05, 0.1) is 5.41 Å². The first kappa shape index (κ1) is 10.6. The predicted octanol–water partition coefficient (Wildman–Crippen LogP) is 2.36. The normalized spacial score (nSPS) is 24.5. The first-order chi connectivity index (χ1) is 7.20. The summed E-state index contributed by atoms with van der Waals surface area (Å²) in [7, 11) is 1.73. The highest BCUT2D eigenvalue weighted by Gasteiger charge is 2.45. The molecule has 1 aliphatic rings. The Morgan fingerprint density at radius 3 is 2.80 bits per heavy atom. The van der Waals surface area contributed by atoms with Crippen molar-refractivity contribution < 1.29 is 8.78 Å². The quantitative estimate of drug-likeness (QED) is 0.809. The molecule has 82 valence electrons. The number of fused-ring (bicyclic) bond motifs is 1. The van der Waals surface area contributed by atoms with Crippen LogP contribution >= 0.6 is 0 Å². The number of hydrogen-bond donors (Lipinski definition) is 1. The summed E-state index contributed by atoms with van der Waals surface area (Å²) in [5.74, 6) is 0. The Labute approximate surface area is 88.5 Å². The molecule has 2 rings (SSSR count). The third-order valence-electron chi connectivity index (χ3n) is 3.30. The van der Waals surface area contributed by atoms with Crippen molar-refractivity contribution in [3.8, 4) is 0 Å². The van der Waals surface area contributed by atoms with Crippen LogP contribution in [0.5, 0.6) is 0 Å². The molecule has 3 heteroatoms. The van der Waals surface area contributed by atoms with Gasteiger partial charge in [-0.2, -0.15) is 0 Å². The smallest absolute Gasteiger partial charge is 0.249 e. The van der Waals surface area contributed by atoms with E-state index in [2.05, 4.69) is 5.32 Å². The lowest BCUT2D eigenvalue weighted by Crippen LogP contribution is -2.41. The molecule has 0 aromatic heterocycles. The van der Waals surface area contributed by atoms with Gasteiger partial charge in [0.15, 0.2) is 0 Å². The van der Waals surface area contributed by atoms with Gasteiger partial charge in [0.2, 0.25) is 6.43 Å².